The molecule has 170 valence electrons. The fourth-order valence-electron chi connectivity index (χ4n) is 5.50. The molecule has 32 heavy (non-hydrogen) atoms. The second-order valence-corrected chi connectivity index (χ2v) is 9.57. The molecular formula is C24H32N6O2. The first-order valence-electron chi connectivity index (χ1n) is 12.0. The average Bonchev–Trinajstić information content (AvgIpc) is 3.38. The third-order valence-electron chi connectivity index (χ3n) is 7.27. The number of likely N-dealkylation sites (tertiary alicyclic amines) is 1. The van der Waals surface area contributed by atoms with Gasteiger partial charge in [0.25, 0.3) is 5.91 Å². The summed E-state index contributed by atoms with van der Waals surface area (Å²) in [6.45, 7) is 3.41. The first kappa shape index (κ1) is 21.1. The van der Waals surface area contributed by atoms with Crippen LogP contribution in [0.1, 0.15) is 84.8 Å². The highest BCUT2D eigenvalue weighted by atomic mass is 16.2. The Bertz CT molecular complexity index is 1030. The molecule has 2 amide bonds. The number of rotatable bonds is 4. The number of anilines is 1. The molecule has 8 heteroatoms. The molecule has 2 aromatic heterocycles. The number of amides is 2. The van der Waals surface area contributed by atoms with Gasteiger partial charge in [-0.3, -0.25) is 19.2 Å². The van der Waals surface area contributed by atoms with Crippen LogP contribution in [0.15, 0.2) is 12.4 Å². The van der Waals surface area contributed by atoms with Gasteiger partial charge in [0.1, 0.15) is 5.82 Å². The second kappa shape index (κ2) is 8.64. The van der Waals surface area contributed by atoms with Gasteiger partial charge in [-0.2, -0.15) is 5.10 Å². The van der Waals surface area contributed by atoms with E-state index < -0.39 is 0 Å². The minimum atomic E-state index is -0.173. The Labute approximate surface area is 189 Å². The SMILES string of the molecule is Cc1nc(C2CCCCN2C(=O)c2cnn(C)c2)nc2c1CC(=O)N2CC1CCCCC1. The van der Waals surface area contributed by atoms with E-state index in [1.807, 2.05) is 23.8 Å². The zero-order valence-corrected chi connectivity index (χ0v) is 19.1. The number of fused-ring (bicyclic) bond motifs is 1. The van der Waals surface area contributed by atoms with Gasteiger partial charge in [-0.25, -0.2) is 9.97 Å². The summed E-state index contributed by atoms with van der Waals surface area (Å²) in [5, 5.41) is 4.16. The Morgan fingerprint density at radius 2 is 1.88 bits per heavy atom. The molecule has 1 atom stereocenters. The van der Waals surface area contributed by atoms with Crippen molar-refractivity contribution < 1.29 is 9.59 Å². The van der Waals surface area contributed by atoms with E-state index in [0.717, 1.165) is 42.9 Å². The molecular weight excluding hydrogens is 404 g/mol. The van der Waals surface area contributed by atoms with Crippen molar-refractivity contribution in [2.24, 2.45) is 13.0 Å². The van der Waals surface area contributed by atoms with Crippen molar-refractivity contribution in [1.82, 2.24) is 24.6 Å². The van der Waals surface area contributed by atoms with Gasteiger partial charge in [0, 0.05) is 37.6 Å². The van der Waals surface area contributed by atoms with E-state index >= 15 is 0 Å². The Morgan fingerprint density at radius 3 is 2.62 bits per heavy atom. The topological polar surface area (TPSA) is 84.2 Å². The molecule has 5 rings (SSSR count). The van der Waals surface area contributed by atoms with Crippen molar-refractivity contribution in [2.75, 3.05) is 18.0 Å². The number of hydrogen-bond acceptors (Lipinski definition) is 5. The van der Waals surface area contributed by atoms with Crippen molar-refractivity contribution in [3.63, 3.8) is 0 Å². The molecule has 0 N–H and O–H groups in total. The summed E-state index contributed by atoms with van der Waals surface area (Å²) in [6.07, 6.45) is 12.8. The lowest BCUT2D eigenvalue weighted by atomic mass is 9.89. The molecule has 1 unspecified atom stereocenters. The summed E-state index contributed by atoms with van der Waals surface area (Å²) in [4.78, 5) is 39.7. The number of nitrogens with zero attached hydrogens (tertiary/aromatic N) is 6. The average molecular weight is 437 g/mol. The highest BCUT2D eigenvalue weighted by Gasteiger charge is 2.36. The maximum absolute atomic E-state index is 13.2. The second-order valence-electron chi connectivity index (χ2n) is 9.57. The van der Waals surface area contributed by atoms with Crippen LogP contribution in [0.5, 0.6) is 0 Å². The van der Waals surface area contributed by atoms with E-state index in [4.69, 9.17) is 9.97 Å². The smallest absolute Gasteiger partial charge is 0.257 e. The van der Waals surface area contributed by atoms with Crippen LogP contribution in [0, 0.1) is 12.8 Å². The number of carbonyl (C=O) groups excluding carboxylic acids is 2. The van der Waals surface area contributed by atoms with Crippen molar-refractivity contribution in [3.05, 3.63) is 35.0 Å². The van der Waals surface area contributed by atoms with Crippen LogP contribution in [-0.2, 0) is 18.3 Å². The molecule has 2 fully saturated rings. The first-order chi connectivity index (χ1) is 15.5. The summed E-state index contributed by atoms with van der Waals surface area (Å²) >= 11 is 0. The normalized spacial score (nSPS) is 21.8. The number of piperidine rings is 1. The lowest BCUT2D eigenvalue weighted by Crippen LogP contribution is -2.39. The van der Waals surface area contributed by atoms with Crippen LogP contribution >= 0.6 is 0 Å². The van der Waals surface area contributed by atoms with Gasteiger partial charge in [-0.1, -0.05) is 19.3 Å². The van der Waals surface area contributed by atoms with Gasteiger partial charge < -0.3 is 4.90 Å². The van der Waals surface area contributed by atoms with Crippen LogP contribution < -0.4 is 4.90 Å². The standard InChI is InChI=1S/C24H32N6O2/c1-16-19-12-21(31)30(14-17-8-4-3-5-9-17)23(19)27-22(26-16)20-10-6-7-11-29(20)24(32)18-13-25-28(2)15-18/h13,15,17,20H,3-12,14H2,1-2H3. The largest absolute Gasteiger partial charge is 0.328 e. The summed E-state index contributed by atoms with van der Waals surface area (Å²) < 4.78 is 1.65. The molecule has 2 aromatic rings. The molecule has 0 radical (unpaired) electrons. The summed E-state index contributed by atoms with van der Waals surface area (Å²) in [7, 11) is 1.81. The van der Waals surface area contributed by atoms with Crippen LogP contribution in [-0.4, -0.2) is 49.6 Å². The summed E-state index contributed by atoms with van der Waals surface area (Å²) in [5.41, 5.74) is 2.41. The quantitative estimate of drug-likeness (QED) is 0.734. The van der Waals surface area contributed by atoms with E-state index in [1.165, 1.54) is 32.1 Å². The van der Waals surface area contributed by atoms with Gasteiger partial charge in [0.05, 0.1) is 24.2 Å². The molecule has 3 aliphatic rings. The van der Waals surface area contributed by atoms with Gasteiger partial charge >= 0.3 is 0 Å². The van der Waals surface area contributed by atoms with Crippen LogP contribution in [0.4, 0.5) is 5.82 Å². The molecule has 8 nitrogen and oxygen atoms in total. The van der Waals surface area contributed by atoms with Gasteiger partial charge in [-0.05, 0) is 44.9 Å². The summed E-state index contributed by atoms with van der Waals surface area (Å²) in [5.74, 6) is 2.10. The van der Waals surface area contributed by atoms with E-state index in [-0.39, 0.29) is 17.9 Å². The van der Waals surface area contributed by atoms with Crippen LogP contribution in [0.2, 0.25) is 0 Å². The Hall–Kier alpha value is -2.77. The third kappa shape index (κ3) is 3.91. The Morgan fingerprint density at radius 1 is 1.09 bits per heavy atom. The first-order valence-corrected chi connectivity index (χ1v) is 12.0. The zero-order valence-electron chi connectivity index (χ0n) is 19.1. The zero-order chi connectivity index (χ0) is 22.2. The molecule has 0 aromatic carbocycles. The lowest BCUT2D eigenvalue weighted by molar-refractivity contribution is -0.117. The minimum Gasteiger partial charge on any atom is -0.328 e. The third-order valence-corrected chi connectivity index (χ3v) is 7.27. The molecule has 4 heterocycles. The van der Waals surface area contributed by atoms with Crippen LogP contribution in [0.25, 0.3) is 0 Å². The molecule has 0 bridgehead atoms. The van der Waals surface area contributed by atoms with E-state index in [0.29, 0.717) is 30.3 Å². The number of hydrogen-bond donors (Lipinski definition) is 0. The van der Waals surface area contributed by atoms with Gasteiger partial charge in [0.15, 0.2) is 5.82 Å². The van der Waals surface area contributed by atoms with E-state index in [9.17, 15) is 9.59 Å². The van der Waals surface area contributed by atoms with E-state index in [1.54, 1.807) is 17.1 Å². The number of carbonyl (C=O) groups is 2. The molecule has 1 aliphatic carbocycles. The van der Waals surface area contributed by atoms with Crippen molar-refractivity contribution >= 4 is 17.6 Å². The highest BCUT2D eigenvalue weighted by Crippen LogP contribution is 2.36. The highest BCUT2D eigenvalue weighted by molar-refractivity contribution is 6.00. The van der Waals surface area contributed by atoms with Crippen LogP contribution in [0.3, 0.4) is 0 Å². The van der Waals surface area contributed by atoms with Gasteiger partial charge in [-0.15, -0.1) is 0 Å². The fraction of sp³-hybridized carbons (Fsp3) is 0.625. The lowest BCUT2D eigenvalue weighted by Gasteiger charge is -2.35. The molecule has 1 saturated carbocycles. The van der Waals surface area contributed by atoms with Gasteiger partial charge in [0.2, 0.25) is 5.91 Å². The maximum atomic E-state index is 13.2. The maximum Gasteiger partial charge on any atom is 0.257 e. The number of aryl methyl sites for hydroxylation is 2. The predicted octanol–water partition coefficient (Wildman–Crippen LogP) is 3.36. The van der Waals surface area contributed by atoms with E-state index in [2.05, 4.69) is 5.10 Å². The van der Waals surface area contributed by atoms with Crippen molar-refractivity contribution in [3.8, 4) is 0 Å². The monoisotopic (exact) mass is 436 g/mol. The summed E-state index contributed by atoms with van der Waals surface area (Å²) in [6, 6.07) is -0.173. The molecule has 2 aliphatic heterocycles. The predicted molar refractivity (Wildman–Crippen MR) is 120 cm³/mol. The van der Waals surface area contributed by atoms with Crippen molar-refractivity contribution in [2.45, 2.75) is 70.8 Å². The number of aromatic nitrogens is 4. The molecule has 0 spiro atoms. The fourth-order valence-corrected chi connectivity index (χ4v) is 5.50. The Balaban J connectivity index is 1.45. The molecule has 1 saturated heterocycles. The van der Waals surface area contributed by atoms with Crippen molar-refractivity contribution in [1.29, 1.82) is 0 Å². The Kier molecular flexibility index (Phi) is 5.69. The minimum absolute atomic E-state index is 0.0281.